The van der Waals surface area contributed by atoms with Crippen molar-refractivity contribution >= 4 is 35.3 Å². The Balaban J connectivity index is 0.00000288. The van der Waals surface area contributed by atoms with Gasteiger partial charge in [0.25, 0.3) is 0 Å². The van der Waals surface area contributed by atoms with E-state index in [0.717, 1.165) is 10.6 Å². The number of hydrogen-bond donors (Lipinski definition) is 2. The van der Waals surface area contributed by atoms with Gasteiger partial charge in [0.2, 0.25) is 5.91 Å². The Morgan fingerprint density at radius 1 is 1.29 bits per heavy atom. The van der Waals surface area contributed by atoms with Gasteiger partial charge in [-0.3, -0.25) is 9.59 Å². The number of aromatic nitrogens is 1. The van der Waals surface area contributed by atoms with E-state index in [1.54, 1.807) is 28.8 Å². The average molecular weight is 372 g/mol. The van der Waals surface area contributed by atoms with Gasteiger partial charge in [0.15, 0.2) is 0 Å². The summed E-state index contributed by atoms with van der Waals surface area (Å²) in [6, 6.07) is 7.11. The minimum absolute atomic E-state index is 0. The molecular formula is C16H22ClN3O3S. The van der Waals surface area contributed by atoms with Crippen LogP contribution in [-0.4, -0.2) is 23.6 Å². The Morgan fingerprint density at radius 3 is 2.50 bits per heavy atom. The number of thiazole rings is 1. The lowest BCUT2D eigenvalue weighted by Crippen LogP contribution is -2.20. The summed E-state index contributed by atoms with van der Waals surface area (Å²) in [6.07, 6.45) is 0.252. The van der Waals surface area contributed by atoms with E-state index in [0.29, 0.717) is 31.1 Å². The summed E-state index contributed by atoms with van der Waals surface area (Å²) < 4.78 is 7.02. The number of rotatable bonds is 7. The molecule has 132 valence electrons. The van der Waals surface area contributed by atoms with E-state index in [1.807, 2.05) is 13.8 Å². The fourth-order valence-electron chi connectivity index (χ4n) is 2.09. The summed E-state index contributed by atoms with van der Waals surface area (Å²) in [4.78, 5) is 24.8. The Morgan fingerprint density at radius 2 is 1.96 bits per heavy atom. The van der Waals surface area contributed by atoms with E-state index in [4.69, 9.17) is 10.5 Å². The lowest BCUT2D eigenvalue weighted by Gasteiger charge is -2.08. The summed E-state index contributed by atoms with van der Waals surface area (Å²) in [5.74, 6) is 0.583. The maximum absolute atomic E-state index is 12.0. The summed E-state index contributed by atoms with van der Waals surface area (Å²) in [6.45, 7) is 5.11. The summed E-state index contributed by atoms with van der Waals surface area (Å²) in [5, 5.41) is 2.81. The molecule has 1 aromatic carbocycles. The van der Waals surface area contributed by atoms with Gasteiger partial charge in [-0.2, -0.15) is 0 Å². The third-order valence-corrected chi connectivity index (χ3v) is 4.46. The van der Waals surface area contributed by atoms with Crippen molar-refractivity contribution in [1.82, 2.24) is 4.57 Å². The molecule has 0 saturated carbocycles. The van der Waals surface area contributed by atoms with Crippen LogP contribution in [0.25, 0.3) is 0 Å². The van der Waals surface area contributed by atoms with Gasteiger partial charge >= 0.3 is 4.87 Å². The summed E-state index contributed by atoms with van der Waals surface area (Å²) >= 11 is 1.21. The Hall–Kier alpha value is -1.83. The van der Waals surface area contributed by atoms with Crippen LogP contribution in [-0.2, 0) is 11.3 Å². The molecule has 1 heterocycles. The third kappa shape index (κ3) is 5.36. The predicted molar refractivity (Wildman–Crippen MR) is 99.5 cm³/mol. The van der Waals surface area contributed by atoms with Crippen molar-refractivity contribution in [2.45, 2.75) is 26.8 Å². The minimum Gasteiger partial charge on any atom is -0.492 e. The normalized spacial score (nSPS) is 10.1. The van der Waals surface area contributed by atoms with Gasteiger partial charge in [0, 0.05) is 35.8 Å². The number of nitrogens with one attached hydrogen (secondary N) is 1. The van der Waals surface area contributed by atoms with Crippen LogP contribution >= 0.6 is 23.7 Å². The van der Waals surface area contributed by atoms with Crippen molar-refractivity contribution in [1.29, 1.82) is 0 Å². The number of hydrogen-bond acceptors (Lipinski definition) is 5. The topological polar surface area (TPSA) is 86.3 Å². The first-order valence-corrected chi connectivity index (χ1v) is 8.22. The molecule has 3 N–H and O–H groups in total. The largest absolute Gasteiger partial charge is 0.492 e. The van der Waals surface area contributed by atoms with Crippen molar-refractivity contribution < 1.29 is 9.53 Å². The number of nitrogens with two attached hydrogens (primary N) is 1. The SMILES string of the molecule is Cc1sc(=O)n(CCC(=O)Nc2ccc(OCCN)cc2)c1C.Cl. The third-order valence-electron chi connectivity index (χ3n) is 3.46. The lowest BCUT2D eigenvalue weighted by atomic mass is 10.3. The van der Waals surface area contributed by atoms with Crippen LogP contribution in [0.15, 0.2) is 29.1 Å². The Kier molecular flexibility index (Phi) is 7.97. The molecule has 0 spiro atoms. The van der Waals surface area contributed by atoms with Gasteiger partial charge in [-0.05, 0) is 38.1 Å². The van der Waals surface area contributed by atoms with E-state index in [1.165, 1.54) is 11.3 Å². The van der Waals surface area contributed by atoms with Crippen molar-refractivity contribution in [3.8, 4) is 5.75 Å². The Labute approximate surface area is 151 Å². The van der Waals surface area contributed by atoms with Crippen molar-refractivity contribution in [3.05, 3.63) is 44.5 Å². The van der Waals surface area contributed by atoms with Crippen LogP contribution in [0.5, 0.6) is 5.75 Å². The quantitative estimate of drug-likeness (QED) is 0.782. The number of anilines is 1. The highest BCUT2D eigenvalue weighted by Crippen LogP contribution is 2.16. The smallest absolute Gasteiger partial charge is 0.307 e. The average Bonchev–Trinajstić information content (AvgIpc) is 2.77. The molecule has 24 heavy (non-hydrogen) atoms. The molecule has 1 amide bonds. The number of nitrogens with zero attached hydrogens (tertiary/aromatic N) is 1. The maximum Gasteiger partial charge on any atom is 0.307 e. The van der Waals surface area contributed by atoms with Crippen LogP contribution in [0.1, 0.15) is 17.0 Å². The fraction of sp³-hybridized carbons (Fsp3) is 0.375. The second-order valence-electron chi connectivity index (χ2n) is 5.12. The van der Waals surface area contributed by atoms with Gasteiger partial charge < -0.3 is 20.4 Å². The first-order chi connectivity index (χ1) is 11.0. The molecule has 0 bridgehead atoms. The van der Waals surface area contributed by atoms with E-state index in [2.05, 4.69) is 5.32 Å². The number of aryl methyl sites for hydroxylation is 1. The second-order valence-corrected chi connectivity index (χ2v) is 6.29. The molecule has 0 saturated heterocycles. The van der Waals surface area contributed by atoms with Crippen molar-refractivity contribution in [3.63, 3.8) is 0 Å². The monoisotopic (exact) mass is 371 g/mol. The van der Waals surface area contributed by atoms with E-state index in [-0.39, 0.29) is 29.6 Å². The van der Waals surface area contributed by atoms with Crippen LogP contribution in [0.2, 0.25) is 0 Å². The lowest BCUT2D eigenvalue weighted by molar-refractivity contribution is -0.116. The second kappa shape index (κ2) is 9.46. The van der Waals surface area contributed by atoms with Crippen molar-refractivity contribution in [2.24, 2.45) is 5.73 Å². The van der Waals surface area contributed by atoms with Crippen LogP contribution in [0, 0.1) is 13.8 Å². The number of ether oxygens (including phenoxy) is 1. The van der Waals surface area contributed by atoms with E-state index >= 15 is 0 Å². The number of benzene rings is 1. The highest BCUT2D eigenvalue weighted by molar-refractivity contribution is 7.09. The Bertz CT molecular complexity index is 725. The van der Waals surface area contributed by atoms with Gasteiger partial charge in [-0.25, -0.2) is 0 Å². The minimum atomic E-state index is -0.129. The van der Waals surface area contributed by atoms with Gasteiger partial charge in [0.1, 0.15) is 12.4 Å². The molecular weight excluding hydrogens is 350 g/mol. The zero-order valence-electron chi connectivity index (χ0n) is 13.7. The zero-order chi connectivity index (χ0) is 16.8. The molecule has 6 nitrogen and oxygen atoms in total. The standard InChI is InChI=1S/C16H21N3O3S.ClH/c1-11-12(2)23-16(21)19(11)9-7-15(20)18-13-3-5-14(6-4-13)22-10-8-17;/h3-6H,7-10,17H2,1-2H3,(H,18,20);1H. The van der Waals surface area contributed by atoms with E-state index in [9.17, 15) is 9.59 Å². The van der Waals surface area contributed by atoms with E-state index < -0.39 is 0 Å². The van der Waals surface area contributed by atoms with Crippen molar-refractivity contribution in [2.75, 3.05) is 18.5 Å². The van der Waals surface area contributed by atoms with Gasteiger partial charge in [-0.1, -0.05) is 11.3 Å². The van der Waals surface area contributed by atoms with Crippen LogP contribution in [0.4, 0.5) is 5.69 Å². The molecule has 8 heteroatoms. The van der Waals surface area contributed by atoms with Crippen LogP contribution < -0.4 is 20.7 Å². The summed E-state index contributed by atoms with van der Waals surface area (Å²) in [5.41, 5.74) is 6.99. The number of carbonyl (C=O) groups is 1. The highest BCUT2D eigenvalue weighted by Gasteiger charge is 2.09. The van der Waals surface area contributed by atoms with Gasteiger partial charge in [0.05, 0.1) is 0 Å². The maximum atomic E-state index is 12.0. The predicted octanol–water partition coefficient (Wildman–Crippen LogP) is 2.31. The number of amides is 1. The number of halogens is 1. The molecule has 0 radical (unpaired) electrons. The fourth-order valence-corrected chi connectivity index (χ4v) is 2.95. The molecule has 0 aliphatic heterocycles. The molecule has 1 aromatic heterocycles. The molecule has 0 unspecified atom stereocenters. The van der Waals surface area contributed by atoms with Gasteiger partial charge in [-0.15, -0.1) is 12.4 Å². The molecule has 0 atom stereocenters. The first kappa shape index (κ1) is 20.2. The molecule has 0 aliphatic carbocycles. The van der Waals surface area contributed by atoms with Crippen LogP contribution in [0.3, 0.4) is 0 Å². The molecule has 2 rings (SSSR count). The molecule has 0 aliphatic rings. The molecule has 2 aromatic rings. The zero-order valence-corrected chi connectivity index (χ0v) is 15.3. The highest BCUT2D eigenvalue weighted by atomic mass is 35.5. The first-order valence-electron chi connectivity index (χ1n) is 7.41. The summed E-state index contributed by atoms with van der Waals surface area (Å²) in [7, 11) is 0. The number of carbonyl (C=O) groups excluding carboxylic acids is 1. The molecule has 0 fully saturated rings.